The fourth-order valence-corrected chi connectivity index (χ4v) is 3.22. The summed E-state index contributed by atoms with van der Waals surface area (Å²) in [6, 6.07) is 18.5. The highest BCUT2D eigenvalue weighted by atomic mass is 79.9. The summed E-state index contributed by atoms with van der Waals surface area (Å²) < 4.78 is 17.7. The van der Waals surface area contributed by atoms with Gasteiger partial charge in [-0.3, -0.25) is 4.79 Å². The highest BCUT2D eigenvalue weighted by Crippen LogP contribution is 2.25. The van der Waals surface area contributed by atoms with Crippen LogP contribution < -0.4 is 10.2 Å². The second-order valence-corrected chi connectivity index (χ2v) is 7.07. The summed E-state index contributed by atoms with van der Waals surface area (Å²) >= 11 is 3.44. The van der Waals surface area contributed by atoms with Gasteiger partial charge in [-0.05, 0) is 55.5 Å². The Balaban J connectivity index is 1.43. The highest BCUT2D eigenvalue weighted by molar-refractivity contribution is 9.10. The van der Waals surface area contributed by atoms with E-state index in [0.717, 1.165) is 21.2 Å². The number of furan rings is 2. The third-order valence-electron chi connectivity index (χ3n) is 4.12. The normalized spacial score (nSPS) is 11.2. The number of benzene rings is 2. The lowest BCUT2D eigenvalue weighted by Crippen LogP contribution is -2.16. The van der Waals surface area contributed by atoms with Crippen molar-refractivity contribution < 1.29 is 18.4 Å². The van der Waals surface area contributed by atoms with Crippen LogP contribution in [-0.4, -0.2) is 18.7 Å². The maximum atomic E-state index is 12.3. The number of hydrogen-bond acceptors (Lipinski definition) is 5. The standard InChI is InChI=1S/C22H17BrN2O4/c1-2-27-17-6-8-20-15(11-17)12-21(29-20)22(26)25-24-13-18-7-9-19(28-18)14-4-3-5-16(23)10-14/h3-13H,2H2,1H3,(H,25,26)/b24-13+. The minimum absolute atomic E-state index is 0.167. The van der Waals surface area contributed by atoms with Crippen molar-refractivity contribution in [3.05, 3.63) is 76.7 Å². The highest BCUT2D eigenvalue weighted by Gasteiger charge is 2.12. The Labute approximate surface area is 175 Å². The van der Waals surface area contributed by atoms with E-state index in [2.05, 4.69) is 26.5 Å². The van der Waals surface area contributed by atoms with Crippen molar-refractivity contribution >= 4 is 39.0 Å². The van der Waals surface area contributed by atoms with E-state index in [4.69, 9.17) is 13.6 Å². The van der Waals surface area contributed by atoms with E-state index in [-0.39, 0.29) is 5.76 Å². The van der Waals surface area contributed by atoms with Crippen LogP contribution in [0.1, 0.15) is 23.2 Å². The lowest BCUT2D eigenvalue weighted by atomic mass is 10.2. The summed E-state index contributed by atoms with van der Waals surface area (Å²) in [6.07, 6.45) is 1.44. The zero-order valence-electron chi connectivity index (χ0n) is 15.5. The van der Waals surface area contributed by atoms with E-state index in [1.807, 2.05) is 43.3 Å². The molecule has 0 unspecified atom stereocenters. The number of ether oxygens (including phenoxy) is 1. The molecule has 0 aliphatic carbocycles. The predicted molar refractivity (Wildman–Crippen MR) is 114 cm³/mol. The van der Waals surface area contributed by atoms with Gasteiger partial charge in [0.1, 0.15) is 22.9 Å². The molecule has 0 atom stereocenters. The summed E-state index contributed by atoms with van der Waals surface area (Å²) in [6.45, 7) is 2.48. The molecule has 0 saturated carbocycles. The third kappa shape index (κ3) is 4.41. The molecule has 0 bridgehead atoms. The second-order valence-electron chi connectivity index (χ2n) is 6.15. The van der Waals surface area contributed by atoms with Gasteiger partial charge in [-0.15, -0.1) is 0 Å². The molecule has 4 aromatic rings. The molecule has 29 heavy (non-hydrogen) atoms. The number of amides is 1. The molecule has 0 saturated heterocycles. The van der Waals surface area contributed by atoms with Gasteiger partial charge in [-0.1, -0.05) is 28.1 Å². The van der Waals surface area contributed by atoms with Crippen LogP contribution in [0, 0.1) is 0 Å². The molecule has 6 nitrogen and oxygen atoms in total. The van der Waals surface area contributed by atoms with Crippen molar-refractivity contribution in [3.63, 3.8) is 0 Å². The molecule has 0 aliphatic heterocycles. The van der Waals surface area contributed by atoms with E-state index < -0.39 is 5.91 Å². The minimum atomic E-state index is -0.450. The average Bonchev–Trinajstić information content (AvgIpc) is 3.35. The van der Waals surface area contributed by atoms with Gasteiger partial charge < -0.3 is 13.6 Å². The molecule has 7 heteroatoms. The lowest BCUT2D eigenvalue weighted by molar-refractivity contribution is 0.0929. The molecule has 1 N–H and O–H groups in total. The van der Waals surface area contributed by atoms with Gasteiger partial charge >= 0.3 is 5.91 Å². The van der Waals surface area contributed by atoms with E-state index in [9.17, 15) is 4.79 Å². The zero-order valence-corrected chi connectivity index (χ0v) is 17.1. The van der Waals surface area contributed by atoms with Gasteiger partial charge in [0, 0.05) is 15.4 Å². The van der Waals surface area contributed by atoms with Crippen molar-refractivity contribution in [1.82, 2.24) is 5.43 Å². The van der Waals surface area contributed by atoms with Crippen LogP contribution in [0.15, 0.2) is 79.1 Å². The number of carbonyl (C=O) groups is 1. The maximum absolute atomic E-state index is 12.3. The topological polar surface area (TPSA) is 77.0 Å². The monoisotopic (exact) mass is 452 g/mol. The van der Waals surface area contributed by atoms with Crippen LogP contribution in [0.5, 0.6) is 5.75 Å². The molecule has 1 amide bonds. The van der Waals surface area contributed by atoms with Gasteiger partial charge in [0.05, 0.1) is 12.8 Å². The molecule has 0 spiro atoms. The van der Waals surface area contributed by atoms with E-state index in [0.29, 0.717) is 23.7 Å². The first-order valence-electron chi connectivity index (χ1n) is 8.98. The van der Waals surface area contributed by atoms with Crippen molar-refractivity contribution in [3.8, 4) is 17.1 Å². The summed E-state index contributed by atoms with van der Waals surface area (Å²) in [5, 5.41) is 4.73. The molecular weight excluding hydrogens is 436 g/mol. The van der Waals surface area contributed by atoms with Gasteiger partial charge in [0.25, 0.3) is 0 Å². The van der Waals surface area contributed by atoms with Gasteiger partial charge in [0.2, 0.25) is 0 Å². The Hall–Kier alpha value is -3.32. The van der Waals surface area contributed by atoms with E-state index in [1.165, 1.54) is 6.21 Å². The Bertz CT molecular complexity index is 1190. The van der Waals surface area contributed by atoms with Crippen LogP contribution in [0.2, 0.25) is 0 Å². The average molecular weight is 453 g/mol. The maximum Gasteiger partial charge on any atom is 0.307 e. The Kier molecular flexibility index (Phi) is 5.48. The van der Waals surface area contributed by atoms with Gasteiger partial charge in [0.15, 0.2) is 5.76 Å². The van der Waals surface area contributed by atoms with Crippen molar-refractivity contribution in [2.24, 2.45) is 5.10 Å². The van der Waals surface area contributed by atoms with Crippen molar-refractivity contribution in [1.29, 1.82) is 0 Å². The van der Waals surface area contributed by atoms with E-state index >= 15 is 0 Å². The number of carbonyl (C=O) groups excluding carboxylic acids is 1. The largest absolute Gasteiger partial charge is 0.494 e. The molecule has 146 valence electrons. The molecule has 2 aromatic carbocycles. The number of nitrogens with zero attached hydrogens (tertiary/aromatic N) is 1. The van der Waals surface area contributed by atoms with Crippen molar-refractivity contribution in [2.45, 2.75) is 6.92 Å². The molecule has 2 heterocycles. The summed E-state index contributed by atoms with van der Waals surface area (Å²) in [4.78, 5) is 12.3. The van der Waals surface area contributed by atoms with Gasteiger partial charge in [-0.25, -0.2) is 5.43 Å². The summed E-state index contributed by atoms with van der Waals surface area (Å²) in [7, 11) is 0. The Morgan fingerprint density at radius 1 is 1.14 bits per heavy atom. The number of nitrogens with one attached hydrogen (secondary N) is 1. The second kappa shape index (κ2) is 8.36. The van der Waals surface area contributed by atoms with E-state index in [1.54, 1.807) is 24.3 Å². The molecule has 0 aliphatic rings. The zero-order chi connectivity index (χ0) is 20.2. The van der Waals surface area contributed by atoms with Crippen LogP contribution in [0.4, 0.5) is 0 Å². The van der Waals surface area contributed by atoms with Crippen LogP contribution in [-0.2, 0) is 0 Å². The summed E-state index contributed by atoms with van der Waals surface area (Å²) in [5.41, 5.74) is 3.99. The molecule has 0 fully saturated rings. The summed E-state index contributed by atoms with van der Waals surface area (Å²) in [5.74, 6) is 1.67. The van der Waals surface area contributed by atoms with Crippen LogP contribution in [0.3, 0.4) is 0 Å². The van der Waals surface area contributed by atoms with Crippen molar-refractivity contribution in [2.75, 3.05) is 6.61 Å². The fourth-order valence-electron chi connectivity index (χ4n) is 2.82. The quantitative estimate of drug-likeness (QED) is 0.304. The smallest absolute Gasteiger partial charge is 0.307 e. The molecule has 0 radical (unpaired) electrons. The first-order chi connectivity index (χ1) is 14.1. The fraction of sp³-hybridized carbons (Fsp3) is 0.0909. The number of fused-ring (bicyclic) bond motifs is 1. The molecular formula is C22H17BrN2O4. The molecule has 2 aromatic heterocycles. The Morgan fingerprint density at radius 3 is 2.86 bits per heavy atom. The number of rotatable bonds is 6. The number of hydrogen-bond donors (Lipinski definition) is 1. The number of hydrazone groups is 1. The first kappa shape index (κ1) is 19.0. The number of halogens is 1. The predicted octanol–water partition coefficient (Wildman–Crippen LogP) is 5.62. The van der Waals surface area contributed by atoms with Crippen LogP contribution >= 0.6 is 15.9 Å². The SMILES string of the molecule is CCOc1ccc2oc(C(=O)N/N=C/c3ccc(-c4cccc(Br)c4)o3)cc2c1. The molecule has 4 rings (SSSR count). The minimum Gasteiger partial charge on any atom is -0.494 e. The lowest BCUT2D eigenvalue weighted by Gasteiger charge is -2.00. The Morgan fingerprint density at radius 2 is 2.03 bits per heavy atom. The third-order valence-corrected chi connectivity index (χ3v) is 4.61. The first-order valence-corrected chi connectivity index (χ1v) is 9.77. The van der Waals surface area contributed by atoms with Crippen LogP contribution in [0.25, 0.3) is 22.3 Å². The van der Waals surface area contributed by atoms with Gasteiger partial charge in [-0.2, -0.15) is 5.10 Å².